The van der Waals surface area contributed by atoms with Crippen molar-refractivity contribution in [3.63, 3.8) is 0 Å². The molecule has 2 fully saturated rings. The first kappa shape index (κ1) is 19.3. The average molecular weight is 420 g/mol. The first-order valence-corrected chi connectivity index (χ1v) is 10.1. The summed E-state index contributed by atoms with van der Waals surface area (Å²) in [5.41, 5.74) is -1.97. The Hall–Kier alpha value is -2.05. The van der Waals surface area contributed by atoms with Crippen molar-refractivity contribution in [3.8, 4) is 11.4 Å². The highest BCUT2D eigenvalue weighted by Gasteiger charge is 2.59. The molecule has 4 rings (SSSR count). The number of sulfonamides is 1. The number of aromatic nitrogens is 2. The van der Waals surface area contributed by atoms with Crippen LogP contribution in [0.2, 0.25) is 0 Å². The number of nitrogens with one attached hydrogen (secondary N) is 1. The first-order chi connectivity index (χ1) is 13.0. The fourth-order valence-corrected chi connectivity index (χ4v) is 4.50. The molecular formula is C16H16F4N4O3S. The topological polar surface area (TPSA) is 111 Å². The van der Waals surface area contributed by atoms with Crippen molar-refractivity contribution < 1.29 is 30.5 Å². The minimum absolute atomic E-state index is 0.161. The third-order valence-corrected chi connectivity index (χ3v) is 6.73. The van der Waals surface area contributed by atoms with Crippen LogP contribution in [0, 0.1) is 5.82 Å². The molecule has 0 radical (unpaired) electrons. The van der Waals surface area contributed by atoms with Gasteiger partial charge in [-0.2, -0.15) is 18.2 Å². The number of nitrogens with zero attached hydrogens (tertiary/aromatic N) is 2. The smallest absolute Gasteiger partial charge is 0.339 e. The molecule has 2 aliphatic rings. The van der Waals surface area contributed by atoms with E-state index < -0.39 is 38.4 Å². The number of benzene rings is 1. The molecule has 3 N–H and O–H groups in total. The third-order valence-electron chi connectivity index (χ3n) is 5.40. The Morgan fingerprint density at radius 3 is 2.68 bits per heavy atom. The predicted octanol–water partition coefficient (Wildman–Crippen LogP) is 2.16. The van der Waals surface area contributed by atoms with Crippen molar-refractivity contribution in [1.29, 1.82) is 0 Å². The first-order valence-electron chi connectivity index (χ1n) is 8.47. The Balaban J connectivity index is 1.55. The van der Waals surface area contributed by atoms with E-state index in [2.05, 4.69) is 15.5 Å². The Morgan fingerprint density at radius 1 is 1.32 bits per heavy atom. The van der Waals surface area contributed by atoms with Crippen LogP contribution in [-0.4, -0.2) is 35.9 Å². The van der Waals surface area contributed by atoms with E-state index in [0.717, 1.165) is 12.1 Å². The van der Waals surface area contributed by atoms with Crippen LogP contribution >= 0.6 is 0 Å². The number of piperidine rings is 1. The summed E-state index contributed by atoms with van der Waals surface area (Å²) in [6, 6.07) is 2.25. The molecule has 1 aliphatic heterocycles. The molecule has 7 nitrogen and oxygen atoms in total. The molecule has 1 aromatic carbocycles. The Morgan fingerprint density at radius 2 is 2.07 bits per heavy atom. The summed E-state index contributed by atoms with van der Waals surface area (Å²) in [5.74, 6) is -1.36. The molecule has 1 aromatic heterocycles. The van der Waals surface area contributed by atoms with Gasteiger partial charge in [0.1, 0.15) is 5.82 Å². The minimum Gasteiger partial charge on any atom is -0.339 e. The van der Waals surface area contributed by atoms with E-state index in [0.29, 0.717) is 25.3 Å². The standard InChI is InChI=1S/C16H16F4N4O3S/c17-8-1-2-10(11(5-8)16(18,19)20)13-23-14(27-24-13)12-6-15(12)4-3-9(7-22-15)28(21,25)26/h1-2,5,9,12,22H,3-4,6-7H2,(H2,21,25,26). The van der Waals surface area contributed by atoms with E-state index in [1.807, 2.05) is 0 Å². The van der Waals surface area contributed by atoms with Gasteiger partial charge in [0.05, 0.1) is 16.7 Å². The van der Waals surface area contributed by atoms with Gasteiger partial charge < -0.3 is 9.84 Å². The van der Waals surface area contributed by atoms with Gasteiger partial charge in [-0.05, 0) is 37.5 Å². The maximum atomic E-state index is 13.3. The van der Waals surface area contributed by atoms with Gasteiger partial charge in [-0.3, -0.25) is 0 Å². The Bertz CT molecular complexity index is 1010. The van der Waals surface area contributed by atoms with Crippen LogP contribution < -0.4 is 10.5 Å². The van der Waals surface area contributed by atoms with Gasteiger partial charge >= 0.3 is 6.18 Å². The lowest BCUT2D eigenvalue weighted by molar-refractivity contribution is -0.137. The molecule has 1 aliphatic carbocycles. The zero-order valence-electron chi connectivity index (χ0n) is 14.3. The van der Waals surface area contributed by atoms with E-state index in [-0.39, 0.29) is 29.7 Å². The number of hydrogen-bond donors (Lipinski definition) is 2. The lowest BCUT2D eigenvalue weighted by Gasteiger charge is -2.29. The SMILES string of the molecule is NS(=O)(=O)C1CCC2(CC2c2nc(-c3ccc(F)cc3C(F)(F)F)no2)NC1. The molecule has 2 aromatic rings. The van der Waals surface area contributed by atoms with Gasteiger partial charge in [-0.25, -0.2) is 17.9 Å². The fraction of sp³-hybridized carbons (Fsp3) is 0.500. The number of nitrogens with two attached hydrogens (primary N) is 1. The summed E-state index contributed by atoms with van der Waals surface area (Å²) >= 11 is 0. The second kappa shape index (κ2) is 6.22. The van der Waals surface area contributed by atoms with E-state index in [1.165, 1.54) is 0 Å². The number of primary sulfonamides is 1. The summed E-state index contributed by atoms with van der Waals surface area (Å²) in [7, 11) is -3.64. The van der Waals surface area contributed by atoms with Crippen molar-refractivity contribution in [2.24, 2.45) is 5.14 Å². The van der Waals surface area contributed by atoms with E-state index >= 15 is 0 Å². The maximum Gasteiger partial charge on any atom is 0.417 e. The third kappa shape index (κ3) is 3.40. The van der Waals surface area contributed by atoms with Crippen molar-refractivity contribution >= 4 is 10.0 Å². The largest absolute Gasteiger partial charge is 0.417 e. The molecule has 3 atom stereocenters. The van der Waals surface area contributed by atoms with Crippen LogP contribution in [0.4, 0.5) is 17.6 Å². The normalized spacial score (nSPS) is 27.9. The number of rotatable bonds is 3. The molecule has 2 heterocycles. The van der Waals surface area contributed by atoms with Gasteiger partial charge in [0.2, 0.25) is 21.7 Å². The van der Waals surface area contributed by atoms with Crippen LogP contribution in [0.3, 0.4) is 0 Å². The van der Waals surface area contributed by atoms with E-state index in [1.54, 1.807) is 0 Å². The summed E-state index contributed by atoms with van der Waals surface area (Å²) in [5, 5.41) is 11.3. The van der Waals surface area contributed by atoms with Crippen LogP contribution in [0.1, 0.15) is 36.6 Å². The second-order valence-corrected chi connectivity index (χ2v) is 9.03. The Labute approximate surface area is 157 Å². The second-order valence-electron chi connectivity index (χ2n) is 7.19. The number of halogens is 4. The highest BCUT2D eigenvalue weighted by molar-refractivity contribution is 7.89. The van der Waals surface area contributed by atoms with Crippen molar-refractivity contribution in [3.05, 3.63) is 35.5 Å². The molecule has 1 saturated carbocycles. The number of hydrogen-bond acceptors (Lipinski definition) is 6. The highest BCUT2D eigenvalue weighted by Crippen LogP contribution is 2.55. The lowest BCUT2D eigenvalue weighted by atomic mass is 10.00. The molecule has 12 heteroatoms. The van der Waals surface area contributed by atoms with Crippen molar-refractivity contribution in [2.75, 3.05) is 6.54 Å². The van der Waals surface area contributed by atoms with E-state index in [4.69, 9.17) is 9.66 Å². The molecular weight excluding hydrogens is 404 g/mol. The quantitative estimate of drug-likeness (QED) is 0.737. The molecule has 0 amide bonds. The monoisotopic (exact) mass is 420 g/mol. The summed E-state index contributed by atoms with van der Waals surface area (Å²) in [4.78, 5) is 4.08. The zero-order chi connectivity index (χ0) is 20.3. The van der Waals surface area contributed by atoms with Crippen LogP contribution in [-0.2, 0) is 16.2 Å². The summed E-state index contributed by atoms with van der Waals surface area (Å²) < 4.78 is 80.9. The maximum absolute atomic E-state index is 13.3. The lowest BCUT2D eigenvalue weighted by Crippen LogP contribution is -2.48. The zero-order valence-corrected chi connectivity index (χ0v) is 15.1. The molecule has 1 spiro atoms. The van der Waals surface area contributed by atoms with Gasteiger partial charge in [0.25, 0.3) is 0 Å². The van der Waals surface area contributed by atoms with E-state index in [9.17, 15) is 26.0 Å². The van der Waals surface area contributed by atoms with Crippen LogP contribution in [0.15, 0.2) is 22.7 Å². The van der Waals surface area contributed by atoms with Crippen molar-refractivity contribution in [2.45, 2.75) is 42.1 Å². The minimum atomic E-state index is -4.77. The summed E-state index contributed by atoms with van der Waals surface area (Å²) in [6.45, 7) is 0.187. The molecule has 3 unspecified atom stereocenters. The molecule has 0 bridgehead atoms. The van der Waals surface area contributed by atoms with Gasteiger partial charge in [-0.15, -0.1) is 0 Å². The highest BCUT2D eigenvalue weighted by atomic mass is 32.2. The molecule has 152 valence electrons. The average Bonchev–Trinajstić information content (AvgIpc) is 3.07. The van der Waals surface area contributed by atoms with Gasteiger partial charge in [0.15, 0.2) is 0 Å². The van der Waals surface area contributed by atoms with Crippen LogP contribution in [0.5, 0.6) is 0 Å². The van der Waals surface area contributed by atoms with Crippen LogP contribution in [0.25, 0.3) is 11.4 Å². The van der Waals surface area contributed by atoms with Gasteiger partial charge in [-0.1, -0.05) is 5.16 Å². The Kier molecular flexibility index (Phi) is 4.28. The fourth-order valence-electron chi connectivity index (χ4n) is 3.74. The summed E-state index contributed by atoms with van der Waals surface area (Å²) in [6.07, 6.45) is -3.28. The van der Waals surface area contributed by atoms with Crippen molar-refractivity contribution in [1.82, 2.24) is 15.5 Å². The molecule has 1 saturated heterocycles. The number of alkyl halides is 3. The predicted molar refractivity (Wildman–Crippen MR) is 88.9 cm³/mol. The van der Waals surface area contributed by atoms with Gasteiger partial charge in [0, 0.05) is 17.6 Å². The molecule has 28 heavy (non-hydrogen) atoms.